The van der Waals surface area contributed by atoms with Gasteiger partial charge in [-0.1, -0.05) is 12.8 Å². The van der Waals surface area contributed by atoms with Crippen LogP contribution in [0, 0.1) is 5.92 Å². The van der Waals surface area contributed by atoms with Crippen molar-refractivity contribution in [2.24, 2.45) is 5.92 Å². The monoisotopic (exact) mass is 298 g/mol. The Hall–Kier alpha value is -1.76. The fraction of sp³-hybridized carbons (Fsp3) is 0.714. The molecule has 0 saturated carbocycles. The van der Waals surface area contributed by atoms with Gasteiger partial charge in [0.15, 0.2) is 0 Å². The molecule has 1 saturated heterocycles. The summed E-state index contributed by atoms with van der Waals surface area (Å²) in [6.45, 7) is 0. The third-order valence-corrected chi connectivity index (χ3v) is 3.56. The highest BCUT2D eigenvalue weighted by Crippen LogP contribution is 2.18. The van der Waals surface area contributed by atoms with Gasteiger partial charge < -0.3 is 0 Å². The number of Topliss-reactive ketones (excluding diaryl/α,β-unsaturated/α-hetero) is 1. The number of amides is 3. The van der Waals surface area contributed by atoms with E-state index in [4.69, 9.17) is 5.21 Å². The highest BCUT2D eigenvalue weighted by Gasteiger charge is 2.27. The summed E-state index contributed by atoms with van der Waals surface area (Å²) in [4.78, 5) is 45.0. The van der Waals surface area contributed by atoms with Crippen LogP contribution in [0.5, 0.6) is 0 Å². The molecule has 0 aromatic carbocycles. The minimum Gasteiger partial charge on any atom is -0.300 e. The largest absolute Gasteiger partial charge is 0.300 e. The van der Waals surface area contributed by atoms with Crippen molar-refractivity contribution in [1.29, 1.82) is 0 Å². The van der Waals surface area contributed by atoms with Crippen LogP contribution in [0.2, 0.25) is 0 Å². The van der Waals surface area contributed by atoms with E-state index in [1.165, 1.54) is 0 Å². The van der Waals surface area contributed by atoms with E-state index in [1.807, 2.05) is 0 Å². The summed E-state index contributed by atoms with van der Waals surface area (Å²) < 4.78 is 0. The summed E-state index contributed by atoms with van der Waals surface area (Å²) in [5, 5.41) is 10.6. The second-order valence-electron chi connectivity index (χ2n) is 5.34. The number of hydrogen-bond donors (Lipinski definition) is 3. The lowest BCUT2D eigenvalue weighted by Gasteiger charge is -2.19. The summed E-state index contributed by atoms with van der Waals surface area (Å²) in [5.74, 6) is -1.34. The van der Waals surface area contributed by atoms with Crippen molar-refractivity contribution in [3.05, 3.63) is 0 Å². The molecule has 21 heavy (non-hydrogen) atoms. The van der Waals surface area contributed by atoms with Gasteiger partial charge in [0.05, 0.1) is 0 Å². The molecule has 1 unspecified atom stereocenters. The topological polar surface area (TPSA) is 113 Å². The Labute approximate surface area is 123 Å². The maximum atomic E-state index is 11.8. The average Bonchev–Trinajstić information content (AvgIpc) is 2.45. The Morgan fingerprint density at radius 2 is 1.81 bits per heavy atom. The second-order valence-corrected chi connectivity index (χ2v) is 5.34. The van der Waals surface area contributed by atoms with Crippen molar-refractivity contribution >= 4 is 23.5 Å². The lowest BCUT2D eigenvalue weighted by molar-refractivity contribution is -0.138. The van der Waals surface area contributed by atoms with Crippen LogP contribution < -0.4 is 10.8 Å². The first-order valence-corrected chi connectivity index (χ1v) is 7.31. The Bertz CT molecular complexity index is 408. The van der Waals surface area contributed by atoms with Crippen LogP contribution in [-0.2, 0) is 19.2 Å². The number of hydroxylamine groups is 1. The molecule has 1 heterocycles. The van der Waals surface area contributed by atoms with E-state index in [2.05, 4.69) is 5.32 Å². The Balaban J connectivity index is 2.07. The lowest BCUT2D eigenvalue weighted by atomic mass is 9.91. The zero-order valence-electron chi connectivity index (χ0n) is 12.0. The van der Waals surface area contributed by atoms with Gasteiger partial charge >= 0.3 is 0 Å². The molecule has 0 radical (unpaired) electrons. The van der Waals surface area contributed by atoms with Crippen molar-refractivity contribution in [3.63, 3.8) is 0 Å². The molecular formula is C14H22N2O5. The number of rotatable bonds is 9. The molecule has 0 aliphatic carbocycles. The molecule has 0 aromatic heterocycles. The summed E-state index contributed by atoms with van der Waals surface area (Å²) in [6, 6.07) is 0. The Kier molecular flexibility index (Phi) is 7.60. The van der Waals surface area contributed by atoms with E-state index in [0.717, 1.165) is 19.3 Å². The lowest BCUT2D eigenvalue weighted by Crippen LogP contribution is -2.41. The van der Waals surface area contributed by atoms with Gasteiger partial charge in [-0.05, 0) is 19.3 Å². The number of imide groups is 1. The van der Waals surface area contributed by atoms with E-state index >= 15 is 0 Å². The van der Waals surface area contributed by atoms with Gasteiger partial charge in [-0.2, -0.15) is 0 Å². The van der Waals surface area contributed by atoms with Gasteiger partial charge in [0.1, 0.15) is 5.78 Å². The van der Waals surface area contributed by atoms with Gasteiger partial charge in [0, 0.05) is 31.6 Å². The number of hydrogen-bond acceptors (Lipinski definition) is 5. The van der Waals surface area contributed by atoms with Gasteiger partial charge in [-0.15, -0.1) is 0 Å². The summed E-state index contributed by atoms with van der Waals surface area (Å²) in [5.41, 5.74) is 1.57. The SMILES string of the molecule is O=C(CCCCCCC(=O)NO)CC1CCC(=O)NC1=O. The molecule has 1 aliphatic heterocycles. The first-order valence-electron chi connectivity index (χ1n) is 7.31. The number of unbranched alkanes of at least 4 members (excludes halogenated alkanes) is 3. The molecule has 7 heteroatoms. The molecule has 0 spiro atoms. The second kappa shape index (κ2) is 9.23. The predicted octanol–water partition coefficient (Wildman–Crippen LogP) is 0.844. The first-order chi connectivity index (χ1) is 10.0. The summed E-state index contributed by atoms with van der Waals surface area (Å²) in [6.07, 6.45) is 4.71. The Morgan fingerprint density at radius 3 is 2.43 bits per heavy atom. The molecule has 0 aromatic rings. The molecule has 1 aliphatic rings. The number of carbonyl (C=O) groups is 4. The molecule has 7 nitrogen and oxygen atoms in total. The maximum absolute atomic E-state index is 11.8. The first kappa shape index (κ1) is 17.3. The van der Waals surface area contributed by atoms with Gasteiger partial charge in [-0.3, -0.25) is 29.7 Å². The third-order valence-electron chi connectivity index (χ3n) is 3.56. The van der Waals surface area contributed by atoms with E-state index < -0.39 is 5.91 Å². The third kappa shape index (κ3) is 6.99. The molecule has 1 atom stereocenters. The van der Waals surface area contributed by atoms with E-state index in [9.17, 15) is 19.2 Å². The fourth-order valence-corrected chi connectivity index (χ4v) is 2.33. The fourth-order valence-electron chi connectivity index (χ4n) is 2.33. The van der Waals surface area contributed by atoms with Crippen molar-refractivity contribution < 1.29 is 24.4 Å². The minimum absolute atomic E-state index is 0.0394. The Morgan fingerprint density at radius 1 is 1.14 bits per heavy atom. The number of carbonyl (C=O) groups excluding carboxylic acids is 4. The van der Waals surface area contributed by atoms with Crippen LogP contribution in [0.1, 0.15) is 57.8 Å². The zero-order valence-corrected chi connectivity index (χ0v) is 12.0. The number of ketones is 1. The van der Waals surface area contributed by atoms with Crippen LogP contribution in [0.25, 0.3) is 0 Å². The van der Waals surface area contributed by atoms with Gasteiger partial charge in [-0.25, -0.2) is 5.48 Å². The molecule has 3 N–H and O–H groups in total. The van der Waals surface area contributed by atoms with Crippen LogP contribution in [0.4, 0.5) is 0 Å². The average molecular weight is 298 g/mol. The van der Waals surface area contributed by atoms with Crippen LogP contribution in [0.3, 0.4) is 0 Å². The van der Waals surface area contributed by atoms with E-state index in [0.29, 0.717) is 25.7 Å². The highest BCUT2D eigenvalue weighted by atomic mass is 16.5. The minimum atomic E-state index is -0.399. The van der Waals surface area contributed by atoms with Gasteiger partial charge in [0.2, 0.25) is 17.7 Å². The van der Waals surface area contributed by atoms with Crippen molar-refractivity contribution in [3.8, 4) is 0 Å². The standard InChI is InChI=1S/C14H22N2O5/c17-11(5-3-1-2-4-6-13(19)16-21)9-10-7-8-12(18)15-14(10)20/h10,21H,1-9H2,(H,16,19)(H,15,18,20). The molecule has 118 valence electrons. The van der Waals surface area contributed by atoms with Crippen molar-refractivity contribution in [1.82, 2.24) is 10.8 Å². The molecule has 3 amide bonds. The van der Waals surface area contributed by atoms with Crippen LogP contribution >= 0.6 is 0 Å². The van der Waals surface area contributed by atoms with Gasteiger partial charge in [0.25, 0.3) is 0 Å². The predicted molar refractivity (Wildman–Crippen MR) is 73.1 cm³/mol. The van der Waals surface area contributed by atoms with Crippen molar-refractivity contribution in [2.75, 3.05) is 0 Å². The number of piperidine rings is 1. The highest BCUT2D eigenvalue weighted by molar-refractivity contribution is 6.00. The molecule has 1 fully saturated rings. The maximum Gasteiger partial charge on any atom is 0.243 e. The normalized spacial score (nSPS) is 18.2. The quantitative estimate of drug-likeness (QED) is 0.253. The van der Waals surface area contributed by atoms with Crippen LogP contribution in [-0.4, -0.2) is 28.7 Å². The van der Waals surface area contributed by atoms with E-state index in [-0.39, 0.29) is 36.4 Å². The zero-order chi connectivity index (χ0) is 15.7. The molecule has 0 bridgehead atoms. The smallest absolute Gasteiger partial charge is 0.243 e. The number of nitrogens with one attached hydrogen (secondary N) is 2. The summed E-state index contributed by atoms with van der Waals surface area (Å²) in [7, 11) is 0. The van der Waals surface area contributed by atoms with Crippen molar-refractivity contribution in [2.45, 2.75) is 57.8 Å². The molecular weight excluding hydrogens is 276 g/mol. The van der Waals surface area contributed by atoms with Crippen LogP contribution in [0.15, 0.2) is 0 Å². The van der Waals surface area contributed by atoms with E-state index in [1.54, 1.807) is 5.48 Å². The molecule has 1 rings (SSSR count). The summed E-state index contributed by atoms with van der Waals surface area (Å²) >= 11 is 0.